The van der Waals surface area contributed by atoms with Gasteiger partial charge in [0.2, 0.25) is 6.08 Å². The Hall–Kier alpha value is -0.430. The van der Waals surface area contributed by atoms with E-state index in [4.69, 9.17) is 4.52 Å². The van der Waals surface area contributed by atoms with Gasteiger partial charge in [0.25, 0.3) is 0 Å². The van der Waals surface area contributed by atoms with Crippen molar-refractivity contribution in [3.05, 3.63) is 0 Å². The van der Waals surface area contributed by atoms with Crippen LogP contribution in [0, 0.1) is 0 Å². The second-order valence-electron chi connectivity index (χ2n) is 2.27. The van der Waals surface area contributed by atoms with Crippen molar-refractivity contribution in [2.75, 3.05) is 6.61 Å². The SMILES string of the molecule is CCOP(=O)(N=C=O)C(C)C. The number of nitrogens with zero attached hydrogens (tertiary/aromatic N) is 1. The van der Waals surface area contributed by atoms with Gasteiger partial charge in [-0.3, -0.25) is 4.57 Å². The third-order valence-corrected chi connectivity index (χ3v) is 3.44. The van der Waals surface area contributed by atoms with Crippen LogP contribution in [-0.4, -0.2) is 18.3 Å². The summed E-state index contributed by atoms with van der Waals surface area (Å²) in [5.74, 6) is 0. The maximum absolute atomic E-state index is 11.5. The lowest BCUT2D eigenvalue weighted by Crippen LogP contribution is -1.99. The smallest absolute Gasteiger partial charge is 0.312 e. The molecule has 0 aliphatic heterocycles. The monoisotopic (exact) mass is 177 g/mol. The Morgan fingerprint density at radius 2 is 2.18 bits per heavy atom. The van der Waals surface area contributed by atoms with Crippen LogP contribution in [0.1, 0.15) is 20.8 Å². The van der Waals surface area contributed by atoms with Crippen molar-refractivity contribution < 1.29 is 13.9 Å². The summed E-state index contributed by atoms with van der Waals surface area (Å²) in [6.07, 6.45) is 1.26. The highest BCUT2D eigenvalue weighted by Gasteiger charge is 2.26. The van der Waals surface area contributed by atoms with Crippen molar-refractivity contribution in [1.82, 2.24) is 0 Å². The lowest BCUT2D eigenvalue weighted by Gasteiger charge is -2.13. The maximum Gasteiger partial charge on any atom is 0.327 e. The van der Waals surface area contributed by atoms with E-state index in [1.165, 1.54) is 6.08 Å². The van der Waals surface area contributed by atoms with Gasteiger partial charge in [-0.1, -0.05) is 13.8 Å². The highest BCUT2D eigenvalue weighted by atomic mass is 31.2. The molecule has 0 aromatic rings. The minimum Gasteiger partial charge on any atom is -0.312 e. The zero-order valence-corrected chi connectivity index (χ0v) is 7.80. The summed E-state index contributed by atoms with van der Waals surface area (Å²) < 4.78 is 19.5. The van der Waals surface area contributed by atoms with Crippen LogP contribution in [0.5, 0.6) is 0 Å². The molecule has 0 saturated carbocycles. The van der Waals surface area contributed by atoms with Crippen molar-refractivity contribution in [3.8, 4) is 0 Å². The minimum absolute atomic E-state index is 0.260. The van der Waals surface area contributed by atoms with Gasteiger partial charge in [0.15, 0.2) is 0 Å². The molecular weight excluding hydrogens is 165 g/mol. The normalized spacial score (nSPS) is 15.6. The molecule has 0 aromatic heterocycles. The van der Waals surface area contributed by atoms with E-state index >= 15 is 0 Å². The summed E-state index contributed by atoms with van der Waals surface area (Å²) in [5.41, 5.74) is -0.260. The van der Waals surface area contributed by atoms with Gasteiger partial charge >= 0.3 is 7.52 Å². The molecule has 0 fully saturated rings. The van der Waals surface area contributed by atoms with Crippen molar-refractivity contribution in [1.29, 1.82) is 0 Å². The van der Waals surface area contributed by atoms with Crippen LogP contribution in [0.3, 0.4) is 0 Å². The van der Waals surface area contributed by atoms with E-state index in [1.54, 1.807) is 20.8 Å². The van der Waals surface area contributed by atoms with Gasteiger partial charge in [-0.05, 0) is 6.92 Å². The number of isocyanates is 1. The lowest BCUT2D eigenvalue weighted by molar-refractivity contribution is 0.328. The van der Waals surface area contributed by atoms with E-state index < -0.39 is 7.52 Å². The zero-order chi connectivity index (χ0) is 8.91. The van der Waals surface area contributed by atoms with Crippen LogP contribution >= 0.6 is 7.52 Å². The molecule has 5 heteroatoms. The predicted molar refractivity (Wildman–Crippen MR) is 42.5 cm³/mol. The van der Waals surface area contributed by atoms with Gasteiger partial charge in [0.05, 0.1) is 12.3 Å². The second kappa shape index (κ2) is 4.45. The molecule has 0 amide bonds. The summed E-state index contributed by atoms with van der Waals surface area (Å²) in [7, 11) is -3.09. The third kappa shape index (κ3) is 2.98. The molecule has 64 valence electrons. The van der Waals surface area contributed by atoms with E-state index in [-0.39, 0.29) is 5.66 Å². The van der Waals surface area contributed by atoms with Crippen molar-refractivity contribution in [2.45, 2.75) is 26.4 Å². The molecule has 0 spiro atoms. The Morgan fingerprint density at radius 3 is 2.45 bits per heavy atom. The van der Waals surface area contributed by atoms with E-state index in [1.807, 2.05) is 0 Å². The lowest BCUT2D eigenvalue weighted by atomic mass is 10.6. The van der Waals surface area contributed by atoms with Crippen LogP contribution in [0.15, 0.2) is 4.76 Å². The van der Waals surface area contributed by atoms with Crippen molar-refractivity contribution in [3.63, 3.8) is 0 Å². The minimum atomic E-state index is -3.09. The number of carbonyl (C=O) groups excluding carboxylic acids is 1. The molecule has 0 aliphatic rings. The first kappa shape index (κ1) is 10.6. The van der Waals surface area contributed by atoms with Gasteiger partial charge < -0.3 is 4.52 Å². The highest BCUT2D eigenvalue weighted by Crippen LogP contribution is 2.52. The number of hydrogen-bond acceptors (Lipinski definition) is 3. The zero-order valence-electron chi connectivity index (χ0n) is 6.90. The molecule has 0 aliphatic carbocycles. The highest BCUT2D eigenvalue weighted by molar-refractivity contribution is 7.58. The summed E-state index contributed by atoms with van der Waals surface area (Å²) in [6.45, 7) is 5.38. The van der Waals surface area contributed by atoms with Crippen LogP contribution in [0.4, 0.5) is 0 Å². The second-order valence-corrected chi connectivity index (χ2v) is 4.89. The van der Waals surface area contributed by atoms with Gasteiger partial charge in [0.1, 0.15) is 0 Å². The van der Waals surface area contributed by atoms with Crippen molar-refractivity contribution >= 4 is 13.6 Å². The molecule has 0 aromatic carbocycles. The van der Waals surface area contributed by atoms with Gasteiger partial charge in [0, 0.05) is 0 Å². The first-order chi connectivity index (χ1) is 5.06. The standard InChI is InChI=1S/C6H12NO3P/c1-4-10-11(9,6(2)3)7-5-8/h6H,4H2,1-3H3. The molecule has 0 rings (SSSR count). The third-order valence-electron chi connectivity index (χ3n) is 1.15. The van der Waals surface area contributed by atoms with E-state index in [9.17, 15) is 9.36 Å². The van der Waals surface area contributed by atoms with Crippen LogP contribution in [0.25, 0.3) is 0 Å². The predicted octanol–water partition coefficient (Wildman–Crippen LogP) is 1.96. The summed E-state index contributed by atoms with van der Waals surface area (Å²) in [4.78, 5) is 9.86. The maximum atomic E-state index is 11.5. The van der Waals surface area contributed by atoms with E-state index in [2.05, 4.69) is 4.76 Å². The number of rotatable bonds is 4. The molecule has 0 bridgehead atoms. The fourth-order valence-electron chi connectivity index (χ4n) is 0.535. The Bertz CT molecular complexity index is 208. The quantitative estimate of drug-likeness (QED) is 0.374. The average molecular weight is 177 g/mol. The Kier molecular flexibility index (Phi) is 4.27. The first-order valence-corrected chi connectivity index (χ1v) is 5.05. The summed E-state index contributed by atoms with van der Waals surface area (Å²) in [6, 6.07) is 0. The van der Waals surface area contributed by atoms with Crippen LogP contribution in [-0.2, 0) is 13.9 Å². The van der Waals surface area contributed by atoms with Gasteiger partial charge in [-0.15, -0.1) is 4.76 Å². The molecular formula is C6H12NO3P. The molecule has 1 atom stereocenters. The Morgan fingerprint density at radius 1 is 1.64 bits per heavy atom. The fourth-order valence-corrected chi connectivity index (χ4v) is 1.61. The molecule has 0 radical (unpaired) electrons. The van der Waals surface area contributed by atoms with Crippen LogP contribution in [0.2, 0.25) is 0 Å². The average Bonchev–Trinajstić information content (AvgIpc) is 1.88. The molecule has 0 heterocycles. The fraction of sp³-hybridized carbons (Fsp3) is 0.833. The molecule has 0 N–H and O–H groups in total. The largest absolute Gasteiger partial charge is 0.327 e. The van der Waals surface area contributed by atoms with Gasteiger partial charge in [-0.25, -0.2) is 4.79 Å². The topological polar surface area (TPSA) is 55.7 Å². The molecule has 0 saturated heterocycles. The van der Waals surface area contributed by atoms with Gasteiger partial charge in [-0.2, -0.15) is 0 Å². The summed E-state index contributed by atoms with van der Waals surface area (Å²) >= 11 is 0. The Labute approximate surface area is 66.2 Å². The molecule has 4 nitrogen and oxygen atoms in total. The molecule has 11 heavy (non-hydrogen) atoms. The van der Waals surface area contributed by atoms with E-state index in [0.717, 1.165) is 0 Å². The number of hydrogen-bond donors (Lipinski definition) is 0. The molecule has 1 unspecified atom stereocenters. The van der Waals surface area contributed by atoms with Crippen LogP contribution < -0.4 is 0 Å². The summed E-state index contributed by atoms with van der Waals surface area (Å²) in [5, 5.41) is 0. The van der Waals surface area contributed by atoms with Crippen molar-refractivity contribution in [2.24, 2.45) is 4.76 Å². The first-order valence-electron chi connectivity index (χ1n) is 3.40. The van der Waals surface area contributed by atoms with E-state index in [0.29, 0.717) is 6.61 Å². The Balaban J connectivity index is 4.52.